The molecule has 0 saturated carbocycles. The SMILES string of the molecule is CC(C)c1[nH]ccc1C(=O)N(C)Cc1ccc(Br)s1. The lowest BCUT2D eigenvalue weighted by Gasteiger charge is -2.17. The van der Waals surface area contributed by atoms with E-state index in [1.165, 1.54) is 4.88 Å². The Kier molecular flexibility index (Phi) is 4.47. The second-order valence-electron chi connectivity index (χ2n) is 4.83. The Labute approximate surface area is 125 Å². The Hall–Kier alpha value is -1.07. The fraction of sp³-hybridized carbons (Fsp3) is 0.357. The average Bonchev–Trinajstić information content (AvgIpc) is 2.97. The maximum Gasteiger partial charge on any atom is 0.255 e. The van der Waals surface area contributed by atoms with E-state index in [4.69, 9.17) is 0 Å². The summed E-state index contributed by atoms with van der Waals surface area (Å²) in [5.74, 6) is 0.382. The van der Waals surface area contributed by atoms with Gasteiger partial charge in [0.25, 0.3) is 5.91 Å². The summed E-state index contributed by atoms with van der Waals surface area (Å²) in [6.45, 7) is 4.80. The zero-order chi connectivity index (χ0) is 14.0. The first-order valence-electron chi connectivity index (χ1n) is 6.16. The van der Waals surface area contributed by atoms with Crippen LogP contribution in [0.25, 0.3) is 0 Å². The molecule has 0 atom stereocenters. The highest BCUT2D eigenvalue weighted by Gasteiger charge is 2.18. The van der Waals surface area contributed by atoms with Crippen LogP contribution in [0.4, 0.5) is 0 Å². The molecule has 0 unspecified atom stereocenters. The van der Waals surface area contributed by atoms with Crippen LogP contribution in [0.1, 0.15) is 40.7 Å². The van der Waals surface area contributed by atoms with E-state index < -0.39 is 0 Å². The molecule has 0 radical (unpaired) electrons. The number of thiophene rings is 1. The summed E-state index contributed by atoms with van der Waals surface area (Å²) in [6, 6.07) is 5.91. The van der Waals surface area contributed by atoms with Crippen LogP contribution in [0, 0.1) is 0 Å². The molecule has 0 bridgehead atoms. The van der Waals surface area contributed by atoms with Crippen molar-refractivity contribution in [1.82, 2.24) is 9.88 Å². The standard InChI is InChI=1S/C14H17BrN2OS/c1-9(2)13-11(6-7-16-13)14(18)17(3)8-10-4-5-12(15)19-10/h4-7,9,16H,8H2,1-3H3. The lowest BCUT2D eigenvalue weighted by molar-refractivity contribution is 0.0785. The van der Waals surface area contributed by atoms with Crippen LogP contribution < -0.4 is 0 Å². The van der Waals surface area contributed by atoms with Crippen LogP contribution in [0.3, 0.4) is 0 Å². The van der Waals surface area contributed by atoms with Crippen molar-refractivity contribution in [2.45, 2.75) is 26.3 Å². The first-order chi connectivity index (χ1) is 8.99. The van der Waals surface area contributed by atoms with E-state index in [1.54, 1.807) is 16.2 Å². The molecule has 0 aliphatic rings. The number of hydrogen-bond donors (Lipinski definition) is 1. The number of carbonyl (C=O) groups is 1. The first-order valence-corrected chi connectivity index (χ1v) is 7.77. The van der Waals surface area contributed by atoms with Crippen molar-refractivity contribution < 1.29 is 4.79 Å². The molecule has 2 heterocycles. The molecular formula is C14H17BrN2OS. The van der Waals surface area contributed by atoms with Gasteiger partial charge in [-0.1, -0.05) is 13.8 Å². The predicted octanol–water partition coefficient (Wildman–Crippen LogP) is 4.23. The molecule has 19 heavy (non-hydrogen) atoms. The van der Waals surface area contributed by atoms with Crippen LogP contribution in [0.2, 0.25) is 0 Å². The van der Waals surface area contributed by atoms with Crippen LogP contribution in [0.15, 0.2) is 28.2 Å². The quantitative estimate of drug-likeness (QED) is 0.887. The molecule has 1 amide bonds. The van der Waals surface area contributed by atoms with Crippen molar-refractivity contribution in [3.8, 4) is 0 Å². The van der Waals surface area contributed by atoms with E-state index in [-0.39, 0.29) is 5.91 Å². The van der Waals surface area contributed by atoms with Gasteiger partial charge in [0.2, 0.25) is 0 Å². The zero-order valence-corrected chi connectivity index (χ0v) is 13.6. The molecule has 0 fully saturated rings. The molecule has 1 N–H and O–H groups in total. The van der Waals surface area contributed by atoms with Gasteiger partial charge in [-0.25, -0.2) is 0 Å². The number of aromatic amines is 1. The van der Waals surface area contributed by atoms with E-state index in [0.29, 0.717) is 12.5 Å². The summed E-state index contributed by atoms with van der Waals surface area (Å²) in [6.07, 6.45) is 1.83. The van der Waals surface area contributed by atoms with Crippen molar-refractivity contribution in [1.29, 1.82) is 0 Å². The molecule has 0 saturated heterocycles. The summed E-state index contributed by atoms with van der Waals surface area (Å²) in [5.41, 5.74) is 1.78. The van der Waals surface area contributed by atoms with Gasteiger partial charge in [-0.3, -0.25) is 4.79 Å². The predicted molar refractivity (Wildman–Crippen MR) is 82.7 cm³/mol. The van der Waals surface area contributed by atoms with Crippen LogP contribution in [-0.2, 0) is 6.54 Å². The number of halogens is 1. The topological polar surface area (TPSA) is 36.1 Å². The van der Waals surface area contributed by atoms with Gasteiger partial charge in [0.1, 0.15) is 0 Å². The maximum absolute atomic E-state index is 12.4. The summed E-state index contributed by atoms with van der Waals surface area (Å²) >= 11 is 5.09. The third kappa shape index (κ3) is 3.28. The lowest BCUT2D eigenvalue weighted by Crippen LogP contribution is -2.26. The smallest absolute Gasteiger partial charge is 0.255 e. The monoisotopic (exact) mass is 340 g/mol. The number of rotatable bonds is 4. The zero-order valence-electron chi connectivity index (χ0n) is 11.2. The summed E-state index contributed by atoms with van der Waals surface area (Å²) < 4.78 is 1.09. The van der Waals surface area contributed by atoms with Gasteiger partial charge in [0.15, 0.2) is 0 Å². The molecule has 0 aliphatic heterocycles. The Balaban J connectivity index is 2.12. The molecule has 2 rings (SSSR count). The maximum atomic E-state index is 12.4. The van der Waals surface area contributed by atoms with E-state index in [9.17, 15) is 4.79 Å². The number of nitrogens with one attached hydrogen (secondary N) is 1. The normalized spacial score (nSPS) is 11.0. The molecular weight excluding hydrogens is 324 g/mol. The molecule has 0 aromatic carbocycles. The van der Waals surface area contributed by atoms with Gasteiger partial charge >= 0.3 is 0 Å². The fourth-order valence-electron chi connectivity index (χ4n) is 1.99. The molecule has 102 valence electrons. The van der Waals surface area contributed by atoms with Crippen molar-refractivity contribution in [2.75, 3.05) is 7.05 Å². The third-order valence-electron chi connectivity index (χ3n) is 2.96. The molecule has 0 spiro atoms. The highest BCUT2D eigenvalue weighted by atomic mass is 79.9. The first kappa shape index (κ1) is 14.3. The minimum Gasteiger partial charge on any atom is -0.364 e. The average molecular weight is 341 g/mol. The second-order valence-corrected chi connectivity index (χ2v) is 7.37. The van der Waals surface area contributed by atoms with Crippen LogP contribution in [-0.4, -0.2) is 22.8 Å². The minimum absolute atomic E-state index is 0.0643. The van der Waals surface area contributed by atoms with E-state index in [1.807, 2.05) is 31.4 Å². The van der Waals surface area contributed by atoms with E-state index in [0.717, 1.165) is 15.0 Å². The van der Waals surface area contributed by atoms with Crippen molar-refractivity contribution in [3.63, 3.8) is 0 Å². The van der Waals surface area contributed by atoms with E-state index in [2.05, 4.69) is 34.8 Å². The summed E-state index contributed by atoms with van der Waals surface area (Å²) in [7, 11) is 1.84. The highest BCUT2D eigenvalue weighted by Crippen LogP contribution is 2.24. The third-order valence-corrected chi connectivity index (χ3v) is 4.56. The Morgan fingerprint density at radius 2 is 2.16 bits per heavy atom. The number of carbonyl (C=O) groups excluding carboxylic acids is 1. The summed E-state index contributed by atoms with van der Waals surface area (Å²) in [4.78, 5) is 18.5. The largest absolute Gasteiger partial charge is 0.364 e. The molecule has 0 aliphatic carbocycles. The minimum atomic E-state index is 0.0643. The molecule has 5 heteroatoms. The second kappa shape index (κ2) is 5.92. The Morgan fingerprint density at radius 1 is 1.42 bits per heavy atom. The van der Waals surface area contributed by atoms with Gasteiger partial charge < -0.3 is 9.88 Å². The van der Waals surface area contributed by atoms with Gasteiger partial charge in [0.05, 0.1) is 15.9 Å². The number of nitrogens with zero attached hydrogens (tertiary/aromatic N) is 1. The molecule has 2 aromatic heterocycles. The van der Waals surface area contributed by atoms with Crippen molar-refractivity contribution in [3.05, 3.63) is 44.3 Å². The fourth-order valence-corrected chi connectivity index (χ4v) is 3.53. The molecule has 3 nitrogen and oxygen atoms in total. The number of hydrogen-bond acceptors (Lipinski definition) is 2. The molecule has 2 aromatic rings. The van der Waals surface area contributed by atoms with Gasteiger partial charge in [-0.2, -0.15) is 0 Å². The van der Waals surface area contributed by atoms with Crippen molar-refractivity contribution in [2.24, 2.45) is 0 Å². The van der Waals surface area contributed by atoms with Gasteiger partial charge in [-0.15, -0.1) is 11.3 Å². The van der Waals surface area contributed by atoms with Gasteiger partial charge in [-0.05, 0) is 40.0 Å². The number of amides is 1. The van der Waals surface area contributed by atoms with Gasteiger partial charge in [0, 0.05) is 23.8 Å². The van der Waals surface area contributed by atoms with E-state index >= 15 is 0 Å². The summed E-state index contributed by atoms with van der Waals surface area (Å²) in [5, 5.41) is 0. The number of H-pyrrole nitrogens is 1. The Bertz CT molecular complexity index is 574. The number of aromatic nitrogens is 1. The highest BCUT2D eigenvalue weighted by molar-refractivity contribution is 9.11. The van der Waals surface area contributed by atoms with Crippen LogP contribution >= 0.6 is 27.3 Å². The van der Waals surface area contributed by atoms with Crippen molar-refractivity contribution >= 4 is 33.2 Å². The lowest BCUT2D eigenvalue weighted by atomic mass is 10.1. The van der Waals surface area contributed by atoms with Crippen LogP contribution in [0.5, 0.6) is 0 Å². The Morgan fingerprint density at radius 3 is 2.74 bits per heavy atom.